The van der Waals surface area contributed by atoms with Crippen LogP contribution in [0.3, 0.4) is 0 Å². The molecule has 0 amide bonds. The van der Waals surface area contributed by atoms with Crippen molar-refractivity contribution in [1.29, 1.82) is 0 Å². The van der Waals surface area contributed by atoms with E-state index in [1.54, 1.807) is 19.1 Å². The van der Waals surface area contributed by atoms with Crippen molar-refractivity contribution in [3.8, 4) is 0 Å². The van der Waals surface area contributed by atoms with Crippen molar-refractivity contribution < 1.29 is 13.9 Å². The molecule has 0 bridgehead atoms. The van der Waals surface area contributed by atoms with Crippen molar-refractivity contribution >= 4 is 18.6 Å². The molecular formula is C7H8O3S. The summed E-state index contributed by atoms with van der Waals surface area (Å²) in [4.78, 5) is 11.0. The Morgan fingerprint density at radius 3 is 3.00 bits per heavy atom. The van der Waals surface area contributed by atoms with Crippen molar-refractivity contribution in [3.05, 3.63) is 24.2 Å². The fraction of sp³-hybridized carbons (Fsp3) is 0.286. The van der Waals surface area contributed by atoms with Gasteiger partial charge >= 0.3 is 5.97 Å². The summed E-state index contributed by atoms with van der Waals surface area (Å²) in [6.07, 6.45) is 1.42. The molecular weight excluding hydrogens is 164 g/mol. The molecule has 0 saturated heterocycles. The van der Waals surface area contributed by atoms with Gasteiger partial charge in [0.15, 0.2) is 0 Å². The molecule has 1 rings (SSSR count). The molecule has 60 valence electrons. The zero-order valence-electron chi connectivity index (χ0n) is 5.98. The molecule has 0 aliphatic carbocycles. The van der Waals surface area contributed by atoms with Crippen LogP contribution in [0.25, 0.3) is 0 Å². The third-order valence-electron chi connectivity index (χ3n) is 1.000. The Morgan fingerprint density at radius 1 is 1.82 bits per heavy atom. The van der Waals surface area contributed by atoms with Crippen molar-refractivity contribution in [3.63, 3.8) is 0 Å². The highest BCUT2D eigenvalue weighted by Gasteiger charge is 2.10. The van der Waals surface area contributed by atoms with Gasteiger partial charge in [0.25, 0.3) is 0 Å². The fourth-order valence-corrected chi connectivity index (χ4v) is 0.703. The van der Waals surface area contributed by atoms with Gasteiger partial charge in [0.2, 0.25) is 5.76 Å². The van der Waals surface area contributed by atoms with E-state index >= 15 is 0 Å². The van der Waals surface area contributed by atoms with Crippen LogP contribution in [0.15, 0.2) is 22.8 Å². The molecule has 1 heterocycles. The van der Waals surface area contributed by atoms with E-state index in [9.17, 15) is 4.79 Å². The molecule has 0 spiro atoms. The van der Waals surface area contributed by atoms with E-state index < -0.39 is 11.4 Å². The van der Waals surface area contributed by atoms with Gasteiger partial charge in [0.1, 0.15) is 5.44 Å². The zero-order valence-corrected chi connectivity index (χ0v) is 6.88. The van der Waals surface area contributed by atoms with Gasteiger partial charge in [-0.1, -0.05) is 0 Å². The summed E-state index contributed by atoms with van der Waals surface area (Å²) >= 11 is 3.88. The van der Waals surface area contributed by atoms with E-state index in [1.807, 2.05) is 0 Å². The van der Waals surface area contributed by atoms with E-state index in [2.05, 4.69) is 12.6 Å². The molecule has 0 aliphatic rings. The first-order chi connectivity index (χ1) is 5.20. The van der Waals surface area contributed by atoms with Crippen LogP contribution in [0.4, 0.5) is 0 Å². The molecule has 0 saturated carbocycles. The lowest BCUT2D eigenvalue weighted by Gasteiger charge is -2.03. The van der Waals surface area contributed by atoms with E-state index in [4.69, 9.17) is 9.15 Å². The van der Waals surface area contributed by atoms with Gasteiger partial charge < -0.3 is 9.15 Å². The molecule has 3 nitrogen and oxygen atoms in total. The van der Waals surface area contributed by atoms with Crippen molar-refractivity contribution in [2.75, 3.05) is 0 Å². The van der Waals surface area contributed by atoms with Gasteiger partial charge in [0.05, 0.1) is 6.26 Å². The first-order valence-electron chi connectivity index (χ1n) is 3.12. The molecule has 1 aromatic rings. The van der Waals surface area contributed by atoms with Crippen LogP contribution in [0.5, 0.6) is 0 Å². The SMILES string of the molecule is CC(S)OC(=O)c1ccco1. The topological polar surface area (TPSA) is 39.4 Å². The maximum absolute atomic E-state index is 11.0. The first kappa shape index (κ1) is 8.20. The highest BCUT2D eigenvalue weighted by molar-refractivity contribution is 7.80. The molecule has 1 aromatic heterocycles. The number of esters is 1. The second kappa shape index (κ2) is 3.48. The number of rotatable bonds is 2. The molecule has 1 atom stereocenters. The van der Waals surface area contributed by atoms with Gasteiger partial charge in [0, 0.05) is 0 Å². The number of hydrogen-bond acceptors (Lipinski definition) is 4. The molecule has 0 aromatic carbocycles. The van der Waals surface area contributed by atoms with Crippen molar-refractivity contribution in [1.82, 2.24) is 0 Å². The van der Waals surface area contributed by atoms with Gasteiger partial charge in [-0.2, -0.15) is 0 Å². The van der Waals surface area contributed by atoms with Crippen LogP contribution in [-0.4, -0.2) is 11.4 Å². The monoisotopic (exact) mass is 172 g/mol. The Labute approximate surface area is 69.8 Å². The minimum atomic E-state index is -0.488. The molecule has 1 unspecified atom stereocenters. The second-order valence-corrected chi connectivity index (χ2v) is 2.71. The van der Waals surface area contributed by atoms with Crippen LogP contribution in [0.1, 0.15) is 17.5 Å². The van der Waals surface area contributed by atoms with Crippen molar-refractivity contribution in [2.45, 2.75) is 12.4 Å². The average molecular weight is 172 g/mol. The Hall–Kier alpha value is -0.900. The lowest BCUT2D eigenvalue weighted by molar-refractivity contribution is 0.0448. The van der Waals surface area contributed by atoms with Crippen LogP contribution in [-0.2, 0) is 4.74 Å². The number of carbonyl (C=O) groups is 1. The van der Waals surface area contributed by atoms with Crippen LogP contribution in [0.2, 0.25) is 0 Å². The van der Waals surface area contributed by atoms with Gasteiger partial charge in [-0.15, -0.1) is 12.6 Å². The largest absolute Gasteiger partial charge is 0.457 e. The summed E-state index contributed by atoms with van der Waals surface area (Å²) in [5.74, 6) is -0.289. The maximum atomic E-state index is 11.0. The molecule has 4 heteroatoms. The summed E-state index contributed by atoms with van der Waals surface area (Å²) in [7, 11) is 0. The minimum absolute atomic E-state index is 0.200. The second-order valence-electron chi connectivity index (χ2n) is 1.98. The number of hydrogen-bond donors (Lipinski definition) is 1. The Bertz CT molecular complexity index is 228. The molecule has 0 N–H and O–H groups in total. The Balaban J connectivity index is 2.57. The highest BCUT2D eigenvalue weighted by atomic mass is 32.1. The standard InChI is InChI=1S/C7H8O3S/c1-5(11)10-7(8)6-3-2-4-9-6/h2-5,11H,1H3. The number of furan rings is 1. The summed E-state index contributed by atoms with van der Waals surface area (Å²) in [5.41, 5.74) is -0.410. The van der Waals surface area contributed by atoms with Gasteiger partial charge in [-0.05, 0) is 19.1 Å². The fourth-order valence-electron chi connectivity index (χ4n) is 0.608. The van der Waals surface area contributed by atoms with E-state index in [1.165, 1.54) is 6.26 Å². The van der Waals surface area contributed by atoms with Crippen LogP contribution >= 0.6 is 12.6 Å². The third-order valence-corrected chi connectivity index (χ3v) is 1.11. The lowest BCUT2D eigenvalue weighted by atomic mass is 10.5. The van der Waals surface area contributed by atoms with Crippen LogP contribution in [0, 0.1) is 0 Å². The third kappa shape index (κ3) is 2.31. The summed E-state index contributed by atoms with van der Waals surface area (Å²) in [6, 6.07) is 3.16. The summed E-state index contributed by atoms with van der Waals surface area (Å²) < 4.78 is 9.51. The van der Waals surface area contributed by atoms with Gasteiger partial charge in [-0.25, -0.2) is 4.79 Å². The normalized spacial score (nSPS) is 12.5. The first-order valence-corrected chi connectivity index (χ1v) is 3.64. The number of ether oxygens (including phenoxy) is 1. The molecule has 0 aliphatic heterocycles. The van der Waals surface area contributed by atoms with E-state index in [0.717, 1.165) is 0 Å². The van der Waals surface area contributed by atoms with Crippen molar-refractivity contribution in [2.24, 2.45) is 0 Å². The Morgan fingerprint density at radius 2 is 2.55 bits per heavy atom. The average Bonchev–Trinajstić information content (AvgIpc) is 2.35. The quantitative estimate of drug-likeness (QED) is 0.419. The lowest BCUT2D eigenvalue weighted by Crippen LogP contribution is -2.08. The van der Waals surface area contributed by atoms with E-state index in [-0.39, 0.29) is 5.76 Å². The molecule has 11 heavy (non-hydrogen) atoms. The summed E-state index contributed by atoms with van der Waals surface area (Å²) in [6.45, 7) is 1.66. The number of thiol groups is 1. The maximum Gasteiger partial charge on any atom is 0.375 e. The summed E-state index contributed by atoms with van der Waals surface area (Å²) in [5, 5.41) is 0. The van der Waals surface area contributed by atoms with E-state index in [0.29, 0.717) is 0 Å². The Kier molecular flexibility index (Phi) is 2.59. The smallest absolute Gasteiger partial charge is 0.375 e. The molecule has 0 radical (unpaired) electrons. The minimum Gasteiger partial charge on any atom is -0.457 e. The molecule has 0 fully saturated rings. The van der Waals surface area contributed by atoms with Gasteiger partial charge in [-0.3, -0.25) is 0 Å². The predicted molar refractivity (Wildman–Crippen MR) is 42.6 cm³/mol. The van der Waals surface area contributed by atoms with Crippen LogP contribution < -0.4 is 0 Å². The predicted octanol–water partition coefficient (Wildman–Crippen LogP) is 1.71. The number of carbonyl (C=O) groups excluding carboxylic acids is 1. The highest BCUT2D eigenvalue weighted by Crippen LogP contribution is 2.05. The zero-order chi connectivity index (χ0) is 8.27.